The van der Waals surface area contributed by atoms with Crippen molar-refractivity contribution in [1.29, 1.82) is 0 Å². The third-order valence-corrected chi connectivity index (χ3v) is 2.59. The van der Waals surface area contributed by atoms with Gasteiger partial charge in [0.1, 0.15) is 13.1 Å². The molecular formula is C11H22N3O3+. The molecule has 0 aromatic heterocycles. The minimum Gasteiger partial charge on any atom is -0.370 e. The molecule has 1 heterocycles. The van der Waals surface area contributed by atoms with Crippen molar-refractivity contribution in [3.05, 3.63) is 0 Å². The molecule has 1 fully saturated rings. The predicted octanol–water partition coefficient (Wildman–Crippen LogP) is -2.46. The lowest BCUT2D eigenvalue weighted by atomic mass is 10.3. The van der Waals surface area contributed by atoms with Crippen molar-refractivity contribution in [3.8, 4) is 0 Å². The van der Waals surface area contributed by atoms with Gasteiger partial charge in [0.25, 0.3) is 0 Å². The average molecular weight is 244 g/mol. The molecule has 0 spiro atoms. The van der Waals surface area contributed by atoms with Crippen LogP contribution in [0.1, 0.15) is 13.8 Å². The summed E-state index contributed by atoms with van der Waals surface area (Å²) in [6.07, 6.45) is 0. The lowest BCUT2D eigenvalue weighted by Crippen LogP contribution is -3.14. The summed E-state index contributed by atoms with van der Waals surface area (Å²) >= 11 is 0. The number of carbonyl (C=O) groups is 2. The highest BCUT2D eigenvalue weighted by molar-refractivity contribution is 6.35. The van der Waals surface area contributed by atoms with E-state index in [0.717, 1.165) is 32.8 Å². The van der Waals surface area contributed by atoms with E-state index in [4.69, 9.17) is 4.74 Å². The Balaban J connectivity index is 2.12. The van der Waals surface area contributed by atoms with Crippen LogP contribution < -0.4 is 15.5 Å². The highest BCUT2D eigenvalue weighted by Crippen LogP contribution is 1.77. The molecule has 0 aliphatic carbocycles. The zero-order chi connectivity index (χ0) is 12.7. The Kier molecular flexibility index (Phi) is 5.93. The zero-order valence-corrected chi connectivity index (χ0v) is 10.5. The van der Waals surface area contributed by atoms with Crippen LogP contribution in [0.15, 0.2) is 0 Å². The first-order valence-corrected chi connectivity index (χ1v) is 6.09. The molecule has 3 N–H and O–H groups in total. The van der Waals surface area contributed by atoms with Gasteiger partial charge in [-0.25, -0.2) is 0 Å². The van der Waals surface area contributed by atoms with Gasteiger partial charge in [-0.3, -0.25) is 9.59 Å². The first kappa shape index (κ1) is 13.9. The molecule has 0 aromatic carbocycles. The van der Waals surface area contributed by atoms with Gasteiger partial charge in [0.15, 0.2) is 0 Å². The number of nitrogens with one attached hydrogen (secondary N) is 3. The molecule has 0 saturated carbocycles. The molecule has 1 saturated heterocycles. The summed E-state index contributed by atoms with van der Waals surface area (Å²) in [5.74, 6) is -1.11. The molecular weight excluding hydrogens is 222 g/mol. The molecule has 0 unspecified atom stereocenters. The second-order valence-corrected chi connectivity index (χ2v) is 4.50. The Labute approximate surface area is 102 Å². The van der Waals surface area contributed by atoms with Crippen LogP contribution in [0.4, 0.5) is 0 Å². The number of ether oxygens (including phenoxy) is 1. The fourth-order valence-corrected chi connectivity index (χ4v) is 1.67. The van der Waals surface area contributed by atoms with E-state index in [1.54, 1.807) is 0 Å². The zero-order valence-electron chi connectivity index (χ0n) is 10.5. The maximum absolute atomic E-state index is 11.4. The van der Waals surface area contributed by atoms with E-state index < -0.39 is 11.8 Å². The second-order valence-electron chi connectivity index (χ2n) is 4.50. The van der Waals surface area contributed by atoms with Gasteiger partial charge in [0.05, 0.1) is 26.3 Å². The number of quaternary nitrogens is 1. The summed E-state index contributed by atoms with van der Waals surface area (Å²) in [7, 11) is 0. The van der Waals surface area contributed by atoms with Gasteiger partial charge in [-0.2, -0.15) is 0 Å². The number of hydrogen-bond acceptors (Lipinski definition) is 3. The number of carbonyl (C=O) groups excluding carboxylic acids is 2. The summed E-state index contributed by atoms with van der Waals surface area (Å²) in [5, 5.41) is 5.18. The fourth-order valence-electron chi connectivity index (χ4n) is 1.67. The van der Waals surface area contributed by atoms with Crippen LogP contribution in [0.5, 0.6) is 0 Å². The topological polar surface area (TPSA) is 71.9 Å². The highest BCUT2D eigenvalue weighted by Gasteiger charge is 2.16. The Hall–Kier alpha value is -1.14. The maximum Gasteiger partial charge on any atom is 0.309 e. The SMILES string of the molecule is CC(C)NC(=O)C(=O)NCC[NH+]1CCOCC1. The van der Waals surface area contributed by atoms with Gasteiger partial charge in [0, 0.05) is 6.04 Å². The molecule has 17 heavy (non-hydrogen) atoms. The fraction of sp³-hybridized carbons (Fsp3) is 0.818. The van der Waals surface area contributed by atoms with Gasteiger partial charge in [-0.05, 0) is 13.8 Å². The summed E-state index contributed by atoms with van der Waals surface area (Å²) < 4.78 is 5.24. The molecule has 0 radical (unpaired) electrons. The van der Waals surface area contributed by atoms with Crippen molar-refractivity contribution in [3.63, 3.8) is 0 Å². The molecule has 1 aliphatic heterocycles. The Morgan fingerprint density at radius 2 is 1.88 bits per heavy atom. The van der Waals surface area contributed by atoms with Crippen molar-refractivity contribution in [1.82, 2.24) is 10.6 Å². The monoisotopic (exact) mass is 244 g/mol. The smallest absolute Gasteiger partial charge is 0.309 e. The van der Waals surface area contributed by atoms with E-state index in [2.05, 4.69) is 10.6 Å². The molecule has 98 valence electrons. The summed E-state index contributed by atoms with van der Waals surface area (Å²) in [6, 6.07) is -0.0156. The van der Waals surface area contributed by atoms with Crippen molar-refractivity contribution < 1.29 is 19.2 Å². The van der Waals surface area contributed by atoms with Gasteiger partial charge >= 0.3 is 11.8 Å². The molecule has 0 aromatic rings. The molecule has 6 heteroatoms. The van der Waals surface area contributed by atoms with E-state index in [1.165, 1.54) is 4.90 Å². The van der Waals surface area contributed by atoms with Crippen LogP contribution >= 0.6 is 0 Å². The van der Waals surface area contributed by atoms with E-state index >= 15 is 0 Å². The van der Waals surface area contributed by atoms with Crippen molar-refractivity contribution in [2.75, 3.05) is 39.4 Å². The van der Waals surface area contributed by atoms with Crippen LogP contribution in [0.2, 0.25) is 0 Å². The number of hydrogen-bond donors (Lipinski definition) is 3. The normalized spacial score (nSPS) is 16.9. The van der Waals surface area contributed by atoms with Gasteiger partial charge in [-0.1, -0.05) is 0 Å². The summed E-state index contributed by atoms with van der Waals surface area (Å²) in [4.78, 5) is 24.1. The third-order valence-electron chi connectivity index (χ3n) is 2.59. The van der Waals surface area contributed by atoms with Crippen LogP contribution in [0, 0.1) is 0 Å². The molecule has 0 bridgehead atoms. The third kappa shape index (κ3) is 5.65. The maximum atomic E-state index is 11.4. The van der Waals surface area contributed by atoms with Crippen LogP contribution in [0.25, 0.3) is 0 Å². The van der Waals surface area contributed by atoms with E-state index in [9.17, 15) is 9.59 Å². The van der Waals surface area contributed by atoms with Crippen molar-refractivity contribution in [2.24, 2.45) is 0 Å². The highest BCUT2D eigenvalue weighted by atomic mass is 16.5. The van der Waals surface area contributed by atoms with Gasteiger partial charge in [0.2, 0.25) is 0 Å². The van der Waals surface area contributed by atoms with Gasteiger partial charge in [-0.15, -0.1) is 0 Å². The van der Waals surface area contributed by atoms with Crippen molar-refractivity contribution in [2.45, 2.75) is 19.9 Å². The standard InChI is InChI=1S/C11H21N3O3/c1-9(2)13-11(16)10(15)12-3-4-14-5-7-17-8-6-14/h9H,3-8H2,1-2H3,(H,12,15)(H,13,16)/p+1. The summed E-state index contributed by atoms with van der Waals surface area (Å²) in [6.45, 7) is 8.49. The first-order valence-electron chi connectivity index (χ1n) is 6.09. The number of rotatable bonds is 4. The van der Waals surface area contributed by atoms with Crippen molar-refractivity contribution >= 4 is 11.8 Å². The van der Waals surface area contributed by atoms with E-state index in [1.807, 2.05) is 13.8 Å². The summed E-state index contributed by atoms with van der Waals surface area (Å²) in [5.41, 5.74) is 0. The Bertz CT molecular complexity index is 263. The lowest BCUT2D eigenvalue weighted by molar-refractivity contribution is -0.906. The van der Waals surface area contributed by atoms with Gasteiger partial charge < -0.3 is 20.3 Å². The predicted molar refractivity (Wildman–Crippen MR) is 62.7 cm³/mol. The van der Waals surface area contributed by atoms with E-state index in [-0.39, 0.29) is 6.04 Å². The molecule has 1 aliphatic rings. The number of amides is 2. The minimum atomic E-state index is -0.558. The van der Waals surface area contributed by atoms with E-state index in [0.29, 0.717) is 6.54 Å². The second kappa shape index (κ2) is 7.24. The minimum absolute atomic E-state index is 0.0156. The largest absolute Gasteiger partial charge is 0.370 e. The number of morpholine rings is 1. The Morgan fingerprint density at radius 1 is 1.24 bits per heavy atom. The molecule has 1 rings (SSSR count). The molecule has 2 amide bonds. The van der Waals surface area contributed by atoms with Crippen LogP contribution in [-0.2, 0) is 14.3 Å². The quantitative estimate of drug-likeness (QED) is 0.480. The van der Waals surface area contributed by atoms with Crippen LogP contribution in [-0.4, -0.2) is 57.2 Å². The average Bonchev–Trinajstić information content (AvgIpc) is 2.29. The first-order chi connectivity index (χ1) is 8.09. The molecule has 6 nitrogen and oxygen atoms in total. The lowest BCUT2D eigenvalue weighted by Gasteiger charge is -2.23. The Morgan fingerprint density at radius 3 is 2.47 bits per heavy atom. The molecule has 0 atom stereocenters. The van der Waals surface area contributed by atoms with Crippen LogP contribution in [0.3, 0.4) is 0 Å².